The number of amides is 2. The Morgan fingerprint density at radius 3 is 2.38 bits per heavy atom. The molecule has 2 N–H and O–H groups in total. The molecule has 6 nitrogen and oxygen atoms in total. The number of guanidine groups is 1. The van der Waals surface area contributed by atoms with E-state index in [4.69, 9.17) is 0 Å². The SMILES string of the molecule is C=C(Br)CNC(=NC)NCCN1C(=O)C2C3C=CC(C3)C2C1=O.I. The van der Waals surface area contributed by atoms with Crippen LogP contribution >= 0.6 is 39.9 Å². The van der Waals surface area contributed by atoms with E-state index in [0.717, 1.165) is 10.9 Å². The molecule has 1 heterocycles. The zero-order valence-electron chi connectivity index (χ0n) is 13.5. The van der Waals surface area contributed by atoms with Gasteiger partial charge in [0.1, 0.15) is 0 Å². The molecule has 4 unspecified atom stereocenters. The third-order valence-corrected chi connectivity index (χ3v) is 5.14. The lowest BCUT2D eigenvalue weighted by atomic mass is 9.85. The van der Waals surface area contributed by atoms with Gasteiger partial charge in [-0.25, -0.2) is 0 Å². The lowest BCUT2D eigenvalue weighted by Crippen LogP contribution is -2.43. The van der Waals surface area contributed by atoms with Crippen LogP contribution in [0, 0.1) is 23.7 Å². The summed E-state index contributed by atoms with van der Waals surface area (Å²) in [5, 5.41) is 6.19. The molecule has 1 saturated heterocycles. The minimum absolute atomic E-state index is 0. The molecule has 0 aromatic rings. The van der Waals surface area contributed by atoms with Crippen molar-refractivity contribution in [3.05, 3.63) is 23.2 Å². The number of halogens is 2. The zero-order valence-corrected chi connectivity index (χ0v) is 17.4. The summed E-state index contributed by atoms with van der Waals surface area (Å²) in [5.74, 6) is 0.897. The number of carbonyl (C=O) groups is 2. The first kappa shape index (κ1) is 19.4. The average molecular weight is 509 g/mol. The van der Waals surface area contributed by atoms with E-state index in [9.17, 15) is 9.59 Å². The molecular formula is C16H22BrIN4O2. The third kappa shape index (κ3) is 3.54. The van der Waals surface area contributed by atoms with Gasteiger partial charge in [0, 0.05) is 31.2 Å². The fourth-order valence-electron chi connectivity index (χ4n) is 3.87. The van der Waals surface area contributed by atoms with Crippen LogP contribution in [0.5, 0.6) is 0 Å². The Labute approximate surface area is 167 Å². The number of nitrogens with one attached hydrogen (secondary N) is 2. The van der Waals surface area contributed by atoms with Crippen molar-refractivity contribution in [2.75, 3.05) is 26.7 Å². The topological polar surface area (TPSA) is 73.8 Å². The van der Waals surface area contributed by atoms with Gasteiger partial charge in [0.25, 0.3) is 0 Å². The van der Waals surface area contributed by atoms with Crippen molar-refractivity contribution < 1.29 is 9.59 Å². The third-order valence-electron chi connectivity index (χ3n) is 4.86. The summed E-state index contributed by atoms with van der Waals surface area (Å²) in [7, 11) is 1.67. The van der Waals surface area contributed by atoms with Crippen LogP contribution in [-0.2, 0) is 9.59 Å². The van der Waals surface area contributed by atoms with Gasteiger partial charge in [0.05, 0.1) is 11.8 Å². The van der Waals surface area contributed by atoms with E-state index < -0.39 is 0 Å². The number of nitrogens with zero attached hydrogens (tertiary/aromatic N) is 2. The van der Waals surface area contributed by atoms with Gasteiger partial charge in [0.2, 0.25) is 11.8 Å². The summed E-state index contributed by atoms with van der Waals surface area (Å²) in [4.78, 5) is 30.6. The molecule has 2 bridgehead atoms. The van der Waals surface area contributed by atoms with E-state index in [1.54, 1.807) is 7.05 Å². The molecule has 0 aromatic carbocycles. The number of rotatable bonds is 5. The number of hydrogen-bond donors (Lipinski definition) is 2. The van der Waals surface area contributed by atoms with Gasteiger partial charge in [-0.1, -0.05) is 34.7 Å². The van der Waals surface area contributed by atoms with Gasteiger partial charge in [0.15, 0.2) is 5.96 Å². The predicted octanol–water partition coefficient (Wildman–Crippen LogP) is 1.49. The highest BCUT2D eigenvalue weighted by molar-refractivity contribution is 14.0. The fourth-order valence-corrected chi connectivity index (χ4v) is 4.01. The summed E-state index contributed by atoms with van der Waals surface area (Å²) in [6.07, 6.45) is 5.18. The Bertz CT molecular complexity index is 577. The highest BCUT2D eigenvalue weighted by atomic mass is 127. The monoisotopic (exact) mass is 508 g/mol. The Hall–Kier alpha value is -0.900. The van der Waals surface area contributed by atoms with Gasteiger partial charge in [-0.3, -0.25) is 19.5 Å². The second-order valence-electron chi connectivity index (χ2n) is 6.20. The molecule has 0 spiro atoms. The van der Waals surface area contributed by atoms with Crippen LogP contribution in [0.1, 0.15) is 6.42 Å². The molecule has 1 saturated carbocycles. The lowest BCUT2D eigenvalue weighted by Gasteiger charge is -2.18. The smallest absolute Gasteiger partial charge is 0.233 e. The van der Waals surface area contributed by atoms with Gasteiger partial charge >= 0.3 is 0 Å². The molecule has 24 heavy (non-hydrogen) atoms. The van der Waals surface area contributed by atoms with E-state index in [1.807, 2.05) is 0 Å². The second-order valence-corrected chi connectivity index (χ2v) is 7.32. The van der Waals surface area contributed by atoms with Crippen molar-refractivity contribution in [2.24, 2.45) is 28.7 Å². The second kappa shape index (κ2) is 7.99. The number of fused-ring (bicyclic) bond motifs is 5. The molecule has 2 amide bonds. The van der Waals surface area contributed by atoms with E-state index in [1.165, 1.54) is 4.90 Å². The van der Waals surface area contributed by atoms with Crippen LogP contribution in [0.2, 0.25) is 0 Å². The maximum absolute atomic E-state index is 12.5. The van der Waals surface area contributed by atoms with Crippen LogP contribution < -0.4 is 10.6 Å². The molecule has 3 aliphatic rings. The van der Waals surface area contributed by atoms with Gasteiger partial charge in [-0.05, 0) is 18.3 Å². The molecule has 4 atom stereocenters. The van der Waals surface area contributed by atoms with E-state index in [0.29, 0.717) is 25.6 Å². The first-order chi connectivity index (χ1) is 11.0. The maximum atomic E-state index is 12.5. The van der Waals surface area contributed by atoms with Crippen LogP contribution in [0.25, 0.3) is 0 Å². The summed E-state index contributed by atoms with van der Waals surface area (Å²) < 4.78 is 0.821. The molecule has 1 aliphatic heterocycles. The number of allylic oxidation sites excluding steroid dienone is 2. The Kier molecular flexibility index (Phi) is 6.46. The van der Waals surface area contributed by atoms with Gasteiger partial charge in [-0.15, -0.1) is 24.0 Å². The molecule has 2 fully saturated rings. The molecule has 3 rings (SSSR count). The number of imide groups is 1. The van der Waals surface area contributed by atoms with Crippen LogP contribution in [0.3, 0.4) is 0 Å². The number of likely N-dealkylation sites (tertiary alicyclic amines) is 1. The van der Waals surface area contributed by atoms with E-state index >= 15 is 0 Å². The first-order valence-electron chi connectivity index (χ1n) is 7.84. The quantitative estimate of drug-likeness (QED) is 0.194. The zero-order chi connectivity index (χ0) is 16.6. The standard InChI is InChI=1S/C16H21BrN4O2.HI/c1-9(17)8-20-16(18-2)19-5-6-21-14(22)12-10-3-4-11(7-10)13(12)15(21)23;/h3-4,10-13H,1,5-8H2,2H3,(H2,18,19,20);1H. The summed E-state index contributed by atoms with van der Waals surface area (Å²) in [6, 6.07) is 0. The van der Waals surface area contributed by atoms with Crippen molar-refractivity contribution in [1.82, 2.24) is 15.5 Å². The molecular weight excluding hydrogens is 487 g/mol. The van der Waals surface area contributed by atoms with E-state index in [-0.39, 0.29) is 59.5 Å². The lowest BCUT2D eigenvalue weighted by molar-refractivity contribution is -0.140. The highest BCUT2D eigenvalue weighted by Crippen LogP contribution is 2.52. The van der Waals surface area contributed by atoms with Crippen LogP contribution in [0.15, 0.2) is 28.2 Å². The minimum atomic E-state index is -0.119. The summed E-state index contributed by atoms with van der Waals surface area (Å²) in [5.41, 5.74) is 0. The Morgan fingerprint density at radius 1 is 1.29 bits per heavy atom. The summed E-state index contributed by atoms with van der Waals surface area (Å²) >= 11 is 3.27. The maximum Gasteiger partial charge on any atom is 0.233 e. The van der Waals surface area contributed by atoms with Gasteiger partial charge < -0.3 is 10.6 Å². The normalized spacial score (nSPS) is 30.4. The van der Waals surface area contributed by atoms with Crippen molar-refractivity contribution in [3.63, 3.8) is 0 Å². The van der Waals surface area contributed by atoms with Gasteiger partial charge in [-0.2, -0.15) is 0 Å². The predicted molar refractivity (Wildman–Crippen MR) is 107 cm³/mol. The van der Waals surface area contributed by atoms with Crippen molar-refractivity contribution in [3.8, 4) is 0 Å². The Morgan fingerprint density at radius 2 is 1.88 bits per heavy atom. The van der Waals surface area contributed by atoms with Crippen molar-refractivity contribution >= 4 is 57.7 Å². The number of aliphatic imine (C=N–C) groups is 1. The minimum Gasteiger partial charge on any atom is -0.355 e. The fraction of sp³-hybridized carbons (Fsp3) is 0.562. The summed E-state index contributed by atoms with van der Waals surface area (Å²) in [6.45, 7) is 5.16. The molecule has 0 radical (unpaired) electrons. The number of hydrogen-bond acceptors (Lipinski definition) is 3. The largest absolute Gasteiger partial charge is 0.355 e. The average Bonchev–Trinajstić information content (AvgIpc) is 3.19. The number of carbonyl (C=O) groups excluding carboxylic acids is 2. The first-order valence-corrected chi connectivity index (χ1v) is 8.63. The molecule has 0 aromatic heterocycles. The van der Waals surface area contributed by atoms with Crippen molar-refractivity contribution in [2.45, 2.75) is 6.42 Å². The van der Waals surface area contributed by atoms with Crippen LogP contribution in [0.4, 0.5) is 0 Å². The highest BCUT2D eigenvalue weighted by Gasteiger charge is 2.58. The Balaban J connectivity index is 0.00000208. The van der Waals surface area contributed by atoms with Crippen LogP contribution in [-0.4, -0.2) is 49.4 Å². The van der Waals surface area contributed by atoms with E-state index in [2.05, 4.69) is 50.3 Å². The van der Waals surface area contributed by atoms with Crippen molar-refractivity contribution in [1.29, 1.82) is 0 Å². The molecule has 2 aliphatic carbocycles. The molecule has 8 heteroatoms. The molecule has 132 valence electrons.